The lowest BCUT2D eigenvalue weighted by atomic mass is 9.97. The molecule has 1 aliphatic rings. The van der Waals surface area contributed by atoms with E-state index in [-0.39, 0.29) is 2.85 Å². The SMILES string of the molecule is COc1ccc2c3c(c[nH]c13)CCNC(C)C2.[HH].[HH]. The van der Waals surface area contributed by atoms with Gasteiger partial charge < -0.3 is 15.0 Å². The Morgan fingerprint density at radius 1 is 1.35 bits per heavy atom. The van der Waals surface area contributed by atoms with Crippen LogP contribution >= 0.6 is 0 Å². The van der Waals surface area contributed by atoms with Crippen LogP contribution in [0.1, 0.15) is 20.9 Å². The minimum Gasteiger partial charge on any atom is -0.495 e. The predicted molar refractivity (Wildman–Crippen MR) is 74.0 cm³/mol. The van der Waals surface area contributed by atoms with Crippen LogP contribution in [-0.2, 0) is 12.8 Å². The maximum atomic E-state index is 5.42. The second-order valence-electron chi connectivity index (χ2n) is 4.80. The van der Waals surface area contributed by atoms with E-state index in [0.29, 0.717) is 6.04 Å². The first-order chi connectivity index (χ1) is 8.29. The highest BCUT2D eigenvalue weighted by Gasteiger charge is 2.16. The number of rotatable bonds is 1. The molecule has 0 bridgehead atoms. The summed E-state index contributed by atoms with van der Waals surface area (Å²) in [7, 11) is 1.73. The van der Waals surface area contributed by atoms with Crippen LogP contribution in [-0.4, -0.2) is 24.7 Å². The number of nitrogens with one attached hydrogen (secondary N) is 2. The summed E-state index contributed by atoms with van der Waals surface area (Å²) in [6.07, 6.45) is 4.27. The van der Waals surface area contributed by atoms with Gasteiger partial charge in [0.1, 0.15) is 5.75 Å². The summed E-state index contributed by atoms with van der Waals surface area (Å²) in [5, 5.41) is 4.91. The first-order valence-electron chi connectivity index (χ1n) is 6.19. The van der Waals surface area contributed by atoms with Gasteiger partial charge in [-0.2, -0.15) is 0 Å². The topological polar surface area (TPSA) is 37.0 Å². The molecule has 1 unspecified atom stereocenters. The lowest BCUT2D eigenvalue weighted by Crippen LogP contribution is -2.31. The number of aromatic amines is 1. The number of H-pyrrole nitrogens is 1. The molecule has 2 N–H and O–H groups in total. The molecule has 3 rings (SSSR count). The van der Waals surface area contributed by atoms with Crippen molar-refractivity contribution in [2.75, 3.05) is 13.7 Å². The maximum absolute atomic E-state index is 5.42. The van der Waals surface area contributed by atoms with Crippen molar-refractivity contribution < 1.29 is 7.59 Å². The first-order valence-corrected chi connectivity index (χ1v) is 6.19. The fraction of sp³-hybridized carbons (Fsp3) is 0.429. The summed E-state index contributed by atoms with van der Waals surface area (Å²) < 4.78 is 5.42. The highest BCUT2D eigenvalue weighted by Crippen LogP contribution is 2.32. The number of methoxy groups -OCH3 is 1. The van der Waals surface area contributed by atoms with Crippen LogP contribution in [0.5, 0.6) is 5.75 Å². The van der Waals surface area contributed by atoms with Gasteiger partial charge in [-0.05, 0) is 43.5 Å². The molecule has 0 spiro atoms. The van der Waals surface area contributed by atoms with Crippen LogP contribution in [0, 0.1) is 0 Å². The van der Waals surface area contributed by atoms with Crippen molar-refractivity contribution in [3.63, 3.8) is 0 Å². The van der Waals surface area contributed by atoms with Crippen molar-refractivity contribution in [2.24, 2.45) is 0 Å². The Bertz CT molecular complexity index is 554. The van der Waals surface area contributed by atoms with Crippen LogP contribution in [0.25, 0.3) is 10.9 Å². The molecule has 3 nitrogen and oxygen atoms in total. The lowest BCUT2D eigenvalue weighted by molar-refractivity contribution is 0.419. The summed E-state index contributed by atoms with van der Waals surface area (Å²) in [6.45, 7) is 3.29. The number of hydrogen-bond donors (Lipinski definition) is 2. The van der Waals surface area contributed by atoms with Gasteiger partial charge in [0.15, 0.2) is 0 Å². The van der Waals surface area contributed by atoms with Gasteiger partial charge in [0.2, 0.25) is 0 Å². The molecule has 0 radical (unpaired) electrons. The third-order valence-electron chi connectivity index (χ3n) is 3.60. The van der Waals surface area contributed by atoms with Gasteiger partial charge in [-0.25, -0.2) is 0 Å². The molecule has 0 saturated carbocycles. The van der Waals surface area contributed by atoms with Gasteiger partial charge >= 0.3 is 0 Å². The van der Waals surface area contributed by atoms with Crippen molar-refractivity contribution in [3.8, 4) is 5.75 Å². The molecule has 0 fully saturated rings. The quantitative estimate of drug-likeness (QED) is 0.796. The predicted octanol–water partition coefficient (Wildman–Crippen LogP) is 2.75. The monoisotopic (exact) mass is 234 g/mol. The normalized spacial score (nSPS) is 20.0. The number of ether oxygens (including phenoxy) is 1. The van der Waals surface area contributed by atoms with E-state index < -0.39 is 0 Å². The van der Waals surface area contributed by atoms with E-state index in [0.717, 1.165) is 30.7 Å². The van der Waals surface area contributed by atoms with Gasteiger partial charge in [0.05, 0.1) is 12.6 Å². The second kappa shape index (κ2) is 4.08. The molecule has 2 heterocycles. The molecule has 0 amide bonds. The average Bonchev–Trinajstić information content (AvgIpc) is 2.72. The molecule has 1 aromatic carbocycles. The van der Waals surface area contributed by atoms with E-state index in [4.69, 9.17) is 4.74 Å². The standard InChI is InChI=1S/C14H18N2O.2H2/c1-9-7-10-3-4-12(17-2)14-13(10)11(8-16-14)5-6-15-9;;/h3-4,8-9,15-16H,5-7H2,1-2H3;2*1H. The fourth-order valence-corrected chi connectivity index (χ4v) is 2.76. The summed E-state index contributed by atoms with van der Waals surface area (Å²) >= 11 is 0. The van der Waals surface area contributed by atoms with Crippen LogP contribution < -0.4 is 10.1 Å². The molecular weight excluding hydrogens is 212 g/mol. The van der Waals surface area contributed by atoms with E-state index in [2.05, 4.69) is 35.6 Å². The van der Waals surface area contributed by atoms with Gasteiger partial charge in [0, 0.05) is 20.5 Å². The van der Waals surface area contributed by atoms with E-state index in [1.165, 1.54) is 16.5 Å². The summed E-state index contributed by atoms with van der Waals surface area (Å²) in [5.74, 6) is 0.941. The maximum Gasteiger partial charge on any atom is 0.142 e. The fourth-order valence-electron chi connectivity index (χ4n) is 2.76. The minimum absolute atomic E-state index is 0. The van der Waals surface area contributed by atoms with E-state index in [1.807, 2.05) is 0 Å². The average molecular weight is 234 g/mol. The van der Waals surface area contributed by atoms with Crippen molar-refractivity contribution in [2.45, 2.75) is 25.8 Å². The molecule has 0 aliphatic carbocycles. The van der Waals surface area contributed by atoms with Gasteiger partial charge in [0.25, 0.3) is 0 Å². The van der Waals surface area contributed by atoms with Crippen molar-refractivity contribution in [1.29, 1.82) is 0 Å². The Balaban J connectivity index is 0.000000902. The van der Waals surface area contributed by atoms with Crippen molar-refractivity contribution >= 4 is 10.9 Å². The highest BCUT2D eigenvalue weighted by molar-refractivity contribution is 5.91. The summed E-state index contributed by atoms with van der Waals surface area (Å²) in [4.78, 5) is 3.36. The molecule has 1 aliphatic heterocycles. The Hall–Kier alpha value is -1.48. The Labute approximate surface area is 104 Å². The summed E-state index contributed by atoms with van der Waals surface area (Å²) in [5.41, 5.74) is 3.96. The molecule has 0 saturated heterocycles. The van der Waals surface area contributed by atoms with E-state index in [1.54, 1.807) is 7.11 Å². The Kier molecular flexibility index (Phi) is 2.56. The zero-order valence-electron chi connectivity index (χ0n) is 10.3. The molecule has 1 atom stereocenters. The minimum atomic E-state index is 0. The molecule has 17 heavy (non-hydrogen) atoms. The number of aromatic nitrogens is 1. The summed E-state index contributed by atoms with van der Waals surface area (Å²) in [6, 6.07) is 4.79. The van der Waals surface area contributed by atoms with Crippen molar-refractivity contribution in [1.82, 2.24) is 10.3 Å². The zero-order valence-corrected chi connectivity index (χ0v) is 10.3. The highest BCUT2D eigenvalue weighted by atomic mass is 16.5. The zero-order chi connectivity index (χ0) is 11.8. The number of benzene rings is 1. The van der Waals surface area contributed by atoms with E-state index in [9.17, 15) is 0 Å². The second-order valence-corrected chi connectivity index (χ2v) is 4.80. The Morgan fingerprint density at radius 2 is 2.24 bits per heavy atom. The van der Waals surface area contributed by atoms with Crippen molar-refractivity contribution in [3.05, 3.63) is 29.5 Å². The first kappa shape index (κ1) is 10.7. The van der Waals surface area contributed by atoms with Gasteiger partial charge in [-0.15, -0.1) is 0 Å². The third kappa shape index (κ3) is 1.71. The van der Waals surface area contributed by atoms with Crippen LogP contribution in [0.4, 0.5) is 0 Å². The van der Waals surface area contributed by atoms with Crippen LogP contribution in [0.3, 0.4) is 0 Å². The molecule has 1 aromatic heterocycles. The largest absolute Gasteiger partial charge is 0.495 e. The molecule has 3 heteroatoms. The van der Waals surface area contributed by atoms with Crippen LogP contribution in [0.15, 0.2) is 18.3 Å². The Morgan fingerprint density at radius 3 is 3.06 bits per heavy atom. The smallest absolute Gasteiger partial charge is 0.142 e. The van der Waals surface area contributed by atoms with Gasteiger partial charge in [-0.1, -0.05) is 6.07 Å². The molecule has 2 aromatic rings. The van der Waals surface area contributed by atoms with Gasteiger partial charge in [-0.3, -0.25) is 0 Å². The third-order valence-corrected chi connectivity index (χ3v) is 3.60. The lowest BCUT2D eigenvalue weighted by Gasteiger charge is -2.18. The van der Waals surface area contributed by atoms with E-state index >= 15 is 0 Å². The number of hydrogen-bond acceptors (Lipinski definition) is 2. The molecular formula is C14H22N2O. The molecule has 94 valence electrons. The van der Waals surface area contributed by atoms with Crippen LogP contribution in [0.2, 0.25) is 0 Å².